The highest BCUT2D eigenvalue weighted by Crippen LogP contribution is 2.33. The number of fused-ring (bicyclic) bond motifs is 1. The molecule has 0 radical (unpaired) electrons. The molecule has 3 rings (SSSR count). The predicted molar refractivity (Wildman–Crippen MR) is 138 cm³/mol. The predicted octanol–water partition coefficient (Wildman–Crippen LogP) is 5.36. The van der Waals surface area contributed by atoms with Crippen LogP contribution in [0.2, 0.25) is 0 Å². The number of nitrogens with one attached hydrogen (secondary N) is 3. The summed E-state index contributed by atoms with van der Waals surface area (Å²) < 4.78 is 4.06. The molecular weight excluding hydrogens is 802 g/mol. The summed E-state index contributed by atoms with van der Waals surface area (Å²) in [6, 6.07) is 8.00. The standard InChI is InChI=1S/C17H11I4N3O3/c18-8-5-9(19)15(14(21)13(8)20)24-17(27)23-11-6-12(25)16(26)22-10-4-2-1-3-7(10)11/h1-6,11,25H,(H,22,26)(H2,23,24,27). The molecule has 1 aliphatic rings. The molecule has 2 aromatic rings. The number of aliphatic hydroxyl groups excluding tert-OH is 1. The van der Waals surface area contributed by atoms with Gasteiger partial charge in [0.15, 0.2) is 5.76 Å². The van der Waals surface area contributed by atoms with Gasteiger partial charge in [-0.1, -0.05) is 18.2 Å². The lowest BCUT2D eigenvalue weighted by Gasteiger charge is -2.18. The van der Waals surface area contributed by atoms with E-state index in [0.29, 0.717) is 11.3 Å². The third-order valence-corrected chi connectivity index (χ3v) is 9.71. The van der Waals surface area contributed by atoms with Crippen molar-refractivity contribution in [2.24, 2.45) is 0 Å². The average molecular weight is 813 g/mol. The molecule has 140 valence electrons. The first kappa shape index (κ1) is 21.4. The Kier molecular flexibility index (Phi) is 7.10. The van der Waals surface area contributed by atoms with E-state index in [9.17, 15) is 14.7 Å². The fraction of sp³-hybridized carbons (Fsp3) is 0.0588. The van der Waals surface area contributed by atoms with E-state index in [1.165, 1.54) is 6.08 Å². The molecule has 6 nitrogen and oxygen atoms in total. The van der Waals surface area contributed by atoms with Crippen molar-refractivity contribution >= 4 is 114 Å². The van der Waals surface area contributed by atoms with Crippen molar-refractivity contribution < 1.29 is 14.7 Å². The Hall–Kier alpha value is -0.360. The van der Waals surface area contributed by atoms with Gasteiger partial charge in [0.1, 0.15) is 0 Å². The third-order valence-electron chi connectivity index (χ3n) is 3.74. The number of urea groups is 1. The van der Waals surface area contributed by atoms with Crippen LogP contribution in [0.15, 0.2) is 42.2 Å². The minimum atomic E-state index is -0.654. The van der Waals surface area contributed by atoms with Crippen molar-refractivity contribution in [3.05, 3.63) is 62.0 Å². The van der Waals surface area contributed by atoms with Crippen molar-refractivity contribution in [1.29, 1.82) is 0 Å². The maximum atomic E-state index is 12.6. The topological polar surface area (TPSA) is 90.5 Å². The zero-order chi connectivity index (χ0) is 19.7. The van der Waals surface area contributed by atoms with Gasteiger partial charge in [-0.05, 0) is 109 Å². The second-order valence-corrected chi connectivity index (χ2v) is 9.99. The third kappa shape index (κ3) is 4.80. The molecule has 2 aromatic carbocycles. The molecule has 0 saturated carbocycles. The maximum absolute atomic E-state index is 12.6. The van der Waals surface area contributed by atoms with E-state index in [1.54, 1.807) is 24.3 Å². The minimum Gasteiger partial charge on any atom is -0.503 e. The van der Waals surface area contributed by atoms with Crippen molar-refractivity contribution in [3.63, 3.8) is 0 Å². The number of amides is 3. The number of carbonyl (C=O) groups is 2. The van der Waals surface area contributed by atoms with E-state index in [4.69, 9.17) is 0 Å². The zero-order valence-corrected chi connectivity index (χ0v) is 21.9. The number of para-hydroxylation sites is 1. The first-order valence-corrected chi connectivity index (χ1v) is 11.8. The second kappa shape index (κ2) is 8.98. The summed E-state index contributed by atoms with van der Waals surface area (Å²) in [6.07, 6.45) is 1.33. The molecule has 10 heteroatoms. The Morgan fingerprint density at radius 2 is 1.78 bits per heavy atom. The Morgan fingerprint density at radius 3 is 2.52 bits per heavy atom. The number of anilines is 2. The number of benzene rings is 2. The molecule has 4 N–H and O–H groups in total. The molecule has 1 heterocycles. The fourth-order valence-corrected chi connectivity index (χ4v) is 6.55. The van der Waals surface area contributed by atoms with Gasteiger partial charge in [0, 0.05) is 22.0 Å². The molecule has 0 saturated heterocycles. The molecule has 0 fully saturated rings. The zero-order valence-electron chi connectivity index (χ0n) is 13.3. The van der Waals surface area contributed by atoms with Gasteiger partial charge in [-0.25, -0.2) is 4.79 Å². The number of aliphatic hydroxyl groups is 1. The Morgan fingerprint density at radius 1 is 1.07 bits per heavy atom. The smallest absolute Gasteiger partial charge is 0.320 e. The molecule has 0 aromatic heterocycles. The van der Waals surface area contributed by atoms with Crippen LogP contribution in [0.5, 0.6) is 0 Å². The largest absolute Gasteiger partial charge is 0.503 e. The van der Waals surface area contributed by atoms with Gasteiger partial charge in [-0.15, -0.1) is 0 Å². The Balaban J connectivity index is 1.88. The first-order chi connectivity index (χ1) is 12.8. The number of hydrogen-bond donors (Lipinski definition) is 4. The lowest BCUT2D eigenvalue weighted by atomic mass is 10.1. The molecular formula is C17H11I4N3O3. The second-order valence-electron chi connectivity index (χ2n) is 5.51. The van der Waals surface area contributed by atoms with Crippen LogP contribution in [0.1, 0.15) is 11.6 Å². The summed E-state index contributed by atoms with van der Waals surface area (Å²) >= 11 is 8.89. The van der Waals surface area contributed by atoms with E-state index in [1.807, 2.05) is 6.07 Å². The van der Waals surface area contributed by atoms with E-state index in [-0.39, 0.29) is 0 Å². The molecule has 0 aliphatic carbocycles. The Labute approximate surface area is 209 Å². The highest BCUT2D eigenvalue weighted by Gasteiger charge is 2.24. The summed E-state index contributed by atoms with van der Waals surface area (Å²) in [5, 5.41) is 18.3. The van der Waals surface area contributed by atoms with Crippen LogP contribution in [0.3, 0.4) is 0 Å². The monoisotopic (exact) mass is 813 g/mol. The number of rotatable bonds is 2. The van der Waals surface area contributed by atoms with Crippen LogP contribution in [0, 0.1) is 14.3 Å². The summed E-state index contributed by atoms with van der Waals surface area (Å²) in [6.45, 7) is 0. The highest BCUT2D eigenvalue weighted by molar-refractivity contribution is 14.1. The lowest BCUT2D eigenvalue weighted by molar-refractivity contribution is -0.115. The van der Waals surface area contributed by atoms with E-state index < -0.39 is 23.7 Å². The molecule has 1 atom stereocenters. The molecule has 3 amide bonds. The summed E-state index contributed by atoms with van der Waals surface area (Å²) in [5.41, 5.74) is 1.95. The van der Waals surface area contributed by atoms with Crippen molar-refractivity contribution in [1.82, 2.24) is 5.32 Å². The molecule has 1 unspecified atom stereocenters. The fourth-order valence-electron chi connectivity index (χ4n) is 2.48. The minimum absolute atomic E-state index is 0.430. The van der Waals surface area contributed by atoms with Crippen LogP contribution in [-0.2, 0) is 4.79 Å². The molecule has 0 bridgehead atoms. The first-order valence-electron chi connectivity index (χ1n) is 7.49. The van der Waals surface area contributed by atoms with E-state index >= 15 is 0 Å². The van der Waals surface area contributed by atoms with E-state index in [2.05, 4.69) is 106 Å². The van der Waals surface area contributed by atoms with Crippen LogP contribution in [-0.4, -0.2) is 17.0 Å². The number of hydrogen-bond acceptors (Lipinski definition) is 3. The summed E-state index contributed by atoms with van der Waals surface area (Å²) in [4.78, 5) is 24.5. The Bertz CT molecular complexity index is 978. The van der Waals surface area contributed by atoms with Gasteiger partial charge < -0.3 is 21.1 Å². The summed E-state index contributed by atoms with van der Waals surface area (Å²) in [5.74, 6) is -1.05. The van der Waals surface area contributed by atoms with E-state index in [0.717, 1.165) is 20.0 Å². The molecule has 0 spiro atoms. The SMILES string of the molecule is O=C(Nc1c(I)cc(I)c(I)c1I)NC1C=C(O)C(=O)Nc2ccccc21. The molecule has 1 aliphatic heterocycles. The molecule has 27 heavy (non-hydrogen) atoms. The van der Waals surface area contributed by atoms with Crippen LogP contribution >= 0.6 is 90.4 Å². The van der Waals surface area contributed by atoms with Crippen LogP contribution in [0.4, 0.5) is 16.2 Å². The normalized spacial score (nSPS) is 15.9. The van der Waals surface area contributed by atoms with Gasteiger partial charge >= 0.3 is 6.03 Å². The average Bonchev–Trinajstić information content (AvgIpc) is 2.74. The quantitative estimate of drug-likeness (QED) is 0.187. The van der Waals surface area contributed by atoms with Gasteiger partial charge in [0.05, 0.1) is 15.3 Å². The highest BCUT2D eigenvalue weighted by atomic mass is 127. The number of carbonyl (C=O) groups excluding carboxylic acids is 2. The van der Waals surface area contributed by atoms with Crippen molar-refractivity contribution in [3.8, 4) is 0 Å². The lowest BCUT2D eigenvalue weighted by Crippen LogP contribution is -2.32. The van der Waals surface area contributed by atoms with Gasteiger partial charge in [0.25, 0.3) is 5.91 Å². The van der Waals surface area contributed by atoms with Gasteiger partial charge in [0.2, 0.25) is 0 Å². The van der Waals surface area contributed by atoms with Gasteiger partial charge in [-0.2, -0.15) is 0 Å². The van der Waals surface area contributed by atoms with Crippen LogP contribution in [0.25, 0.3) is 0 Å². The van der Waals surface area contributed by atoms with Crippen molar-refractivity contribution in [2.75, 3.05) is 10.6 Å². The van der Waals surface area contributed by atoms with Gasteiger partial charge in [-0.3, -0.25) is 4.79 Å². The summed E-state index contributed by atoms with van der Waals surface area (Å²) in [7, 11) is 0. The van der Waals surface area contributed by atoms with Crippen LogP contribution < -0.4 is 16.0 Å². The number of halogens is 4. The van der Waals surface area contributed by atoms with Crippen molar-refractivity contribution in [2.45, 2.75) is 6.04 Å². The maximum Gasteiger partial charge on any atom is 0.320 e.